The fourth-order valence-electron chi connectivity index (χ4n) is 3.99. The molecule has 0 aliphatic heterocycles. The highest BCUT2D eigenvalue weighted by atomic mass is 35.5. The van der Waals surface area contributed by atoms with Crippen molar-refractivity contribution < 1.29 is 14.3 Å². The predicted molar refractivity (Wildman–Crippen MR) is 135 cm³/mol. The van der Waals surface area contributed by atoms with Crippen LogP contribution in [0.3, 0.4) is 0 Å². The molecule has 0 saturated heterocycles. The Labute approximate surface area is 209 Å². The van der Waals surface area contributed by atoms with Crippen LogP contribution in [0.15, 0.2) is 60.8 Å². The van der Waals surface area contributed by atoms with Crippen LogP contribution in [0.1, 0.15) is 58.0 Å². The van der Waals surface area contributed by atoms with Gasteiger partial charge in [-0.15, -0.1) is 0 Å². The van der Waals surface area contributed by atoms with Gasteiger partial charge >= 0.3 is 0 Å². The summed E-state index contributed by atoms with van der Waals surface area (Å²) >= 11 is 6.05. The number of aromatic nitrogens is 2. The van der Waals surface area contributed by atoms with Crippen molar-refractivity contribution in [1.29, 1.82) is 0 Å². The number of anilines is 1. The van der Waals surface area contributed by atoms with Gasteiger partial charge in [0.25, 0.3) is 11.8 Å². The average molecular weight is 494 g/mol. The van der Waals surface area contributed by atoms with E-state index in [-0.39, 0.29) is 29.6 Å². The number of pyridine rings is 2. The molecule has 1 unspecified atom stereocenters. The van der Waals surface area contributed by atoms with Crippen molar-refractivity contribution >= 4 is 29.2 Å². The molecule has 0 bridgehead atoms. The lowest BCUT2D eigenvalue weighted by Gasteiger charge is -2.20. The van der Waals surface area contributed by atoms with Crippen LogP contribution in [-0.2, 0) is 0 Å². The minimum atomic E-state index is -0.462. The van der Waals surface area contributed by atoms with Gasteiger partial charge in [-0.25, -0.2) is 9.97 Å². The van der Waals surface area contributed by atoms with Crippen molar-refractivity contribution in [2.24, 2.45) is 0 Å². The fourth-order valence-corrected chi connectivity index (χ4v) is 4.20. The van der Waals surface area contributed by atoms with Crippen LogP contribution in [0, 0.1) is 0 Å². The molecule has 3 aromatic rings. The summed E-state index contributed by atoms with van der Waals surface area (Å²) in [6.45, 7) is 0.187. The molecule has 8 nitrogen and oxygen atoms in total. The molecule has 0 spiro atoms. The maximum Gasteiger partial charge on any atom is 0.252 e. The third-order valence-electron chi connectivity index (χ3n) is 5.87. The quantitative estimate of drug-likeness (QED) is 0.382. The Morgan fingerprint density at radius 3 is 2.51 bits per heavy atom. The molecule has 2 heterocycles. The van der Waals surface area contributed by atoms with E-state index >= 15 is 0 Å². The second kappa shape index (κ2) is 11.7. The molecule has 1 aliphatic carbocycles. The molecule has 182 valence electrons. The van der Waals surface area contributed by atoms with E-state index in [1.165, 1.54) is 25.1 Å². The molecule has 1 saturated carbocycles. The number of carbonyl (C=O) groups is 2. The number of amides is 2. The Balaban J connectivity index is 1.42. The van der Waals surface area contributed by atoms with Crippen LogP contribution in [0.25, 0.3) is 0 Å². The number of nitrogens with one attached hydrogen (secondary N) is 3. The van der Waals surface area contributed by atoms with Gasteiger partial charge in [-0.2, -0.15) is 0 Å². The third kappa shape index (κ3) is 6.70. The molecule has 2 amide bonds. The van der Waals surface area contributed by atoms with Crippen LogP contribution in [0.4, 0.5) is 5.82 Å². The average Bonchev–Trinajstić information content (AvgIpc) is 3.39. The molecule has 1 aliphatic rings. The number of hydrogen-bond acceptors (Lipinski definition) is 6. The van der Waals surface area contributed by atoms with E-state index in [1.54, 1.807) is 25.2 Å². The zero-order valence-corrected chi connectivity index (χ0v) is 20.2. The van der Waals surface area contributed by atoms with E-state index in [0.29, 0.717) is 22.8 Å². The van der Waals surface area contributed by atoms with E-state index < -0.39 is 6.04 Å². The lowest BCUT2D eigenvalue weighted by molar-refractivity contribution is 0.0908. The zero-order chi connectivity index (χ0) is 24.6. The largest absolute Gasteiger partial charge is 0.474 e. The molecule has 1 aromatic carbocycles. The maximum absolute atomic E-state index is 13.0. The molecule has 0 radical (unpaired) electrons. The van der Waals surface area contributed by atoms with Crippen molar-refractivity contribution in [3.05, 3.63) is 82.6 Å². The van der Waals surface area contributed by atoms with Crippen LogP contribution in [-0.4, -0.2) is 41.5 Å². The minimum Gasteiger partial charge on any atom is -0.474 e. The molecule has 35 heavy (non-hydrogen) atoms. The van der Waals surface area contributed by atoms with Crippen molar-refractivity contribution in [3.8, 4) is 5.88 Å². The van der Waals surface area contributed by atoms with Gasteiger partial charge in [0.1, 0.15) is 17.1 Å². The predicted octanol–water partition coefficient (Wildman–Crippen LogP) is 4.39. The number of hydrogen-bond donors (Lipinski definition) is 3. The van der Waals surface area contributed by atoms with Crippen LogP contribution in [0.5, 0.6) is 5.88 Å². The number of carbonyl (C=O) groups excluding carboxylic acids is 2. The van der Waals surface area contributed by atoms with Crippen LogP contribution >= 0.6 is 11.6 Å². The molecule has 1 fully saturated rings. The summed E-state index contributed by atoms with van der Waals surface area (Å²) in [6.07, 6.45) is 6.15. The van der Waals surface area contributed by atoms with Crippen LogP contribution < -0.4 is 20.7 Å². The first-order chi connectivity index (χ1) is 17.0. The summed E-state index contributed by atoms with van der Waals surface area (Å²) in [5.74, 6) is 0.397. The Morgan fingerprint density at radius 1 is 1.06 bits per heavy atom. The summed E-state index contributed by atoms with van der Waals surface area (Å²) in [4.78, 5) is 34.1. The van der Waals surface area contributed by atoms with Gasteiger partial charge in [0.2, 0.25) is 5.88 Å². The smallest absolute Gasteiger partial charge is 0.252 e. The van der Waals surface area contributed by atoms with Crippen molar-refractivity contribution in [2.75, 3.05) is 18.9 Å². The lowest BCUT2D eigenvalue weighted by Crippen LogP contribution is -2.38. The Morgan fingerprint density at radius 2 is 1.83 bits per heavy atom. The van der Waals surface area contributed by atoms with Crippen molar-refractivity contribution in [1.82, 2.24) is 20.6 Å². The standard InChI is InChI=1S/C26H28ClN5O3/c1-28-23-14-19(13-22(27)32-23)26(34)31-21(17-7-3-2-4-8-17)16-30-25(33)18-11-12-24(29-15-18)35-20-9-5-6-10-20/h2-4,7-8,11-15,20-21H,5-6,9-10,16H2,1H3,(H,28,32)(H,30,33)(H,31,34). The van der Waals surface area contributed by atoms with E-state index in [4.69, 9.17) is 16.3 Å². The number of ether oxygens (including phenoxy) is 1. The summed E-state index contributed by atoms with van der Waals surface area (Å²) in [5.41, 5.74) is 1.64. The molecule has 9 heteroatoms. The van der Waals surface area contributed by atoms with Crippen LogP contribution in [0.2, 0.25) is 5.15 Å². The van der Waals surface area contributed by atoms with E-state index in [2.05, 4.69) is 25.9 Å². The Kier molecular flexibility index (Phi) is 8.15. The topological polar surface area (TPSA) is 105 Å². The van der Waals surface area contributed by atoms with Crippen molar-refractivity contribution in [2.45, 2.75) is 37.8 Å². The summed E-state index contributed by atoms with van der Waals surface area (Å²) in [7, 11) is 1.70. The van der Waals surface area contributed by atoms with Gasteiger partial charge in [0, 0.05) is 31.4 Å². The molecule has 4 rings (SSSR count). The van der Waals surface area contributed by atoms with Gasteiger partial charge in [0.15, 0.2) is 0 Å². The van der Waals surface area contributed by atoms with Crippen molar-refractivity contribution in [3.63, 3.8) is 0 Å². The van der Waals surface area contributed by atoms with Gasteiger partial charge in [-0.3, -0.25) is 9.59 Å². The fraction of sp³-hybridized carbons (Fsp3) is 0.308. The molecular formula is C26H28ClN5O3. The van der Waals surface area contributed by atoms with Gasteiger partial charge in [0.05, 0.1) is 11.6 Å². The zero-order valence-electron chi connectivity index (χ0n) is 19.5. The Hall–Kier alpha value is -3.65. The number of halogens is 1. The number of nitrogens with zero attached hydrogens (tertiary/aromatic N) is 2. The molecule has 2 aromatic heterocycles. The molecular weight excluding hydrogens is 466 g/mol. The first-order valence-electron chi connectivity index (χ1n) is 11.6. The number of benzene rings is 1. The maximum atomic E-state index is 13.0. The van der Waals surface area contributed by atoms with Gasteiger partial charge in [-0.05, 0) is 49.4 Å². The van der Waals surface area contributed by atoms with Gasteiger partial charge in [-0.1, -0.05) is 41.9 Å². The molecule has 3 N–H and O–H groups in total. The first kappa shape index (κ1) is 24.5. The monoisotopic (exact) mass is 493 g/mol. The highest BCUT2D eigenvalue weighted by Gasteiger charge is 2.20. The first-order valence-corrected chi connectivity index (χ1v) is 12.0. The van der Waals surface area contributed by atoms with Gasteiger partial charge < -0.3 is 20.7 Å². The second-order valence-electron chi connectivity index (χ2n) is 8.37. The minimum absolute atomic E-state index is 0.187. The highest BCUT2D eigenvalue weighted by Crippen LogP contribution is 2.23. The normalized spacial score (nSPS) is 14.2. The van der Waals surface area contributed by atoms with E-state index in [9.17, 15) is 9.59 Å². The van der Waals surface area contributed by atoms with E-state index in [1.807, 2.05) is 30.3 Å². The third-order valence-corrected chi connectivity index (χ3v) is 6.07. The lowest BCUT2D eigenvalue weighted by atomic mass is 10.1. The summed E-state index contributed by atoms with van der Waals surface area (Å²) in [5, 5.41) is 8.97. The molecule has 1 atom stereocenters. The second-order valence-corrected chi connectivity index (χ2v) is 8.76. The Bertz CT molecular complexity index is 1150. The summed E-state index contributed by atoms with van der Waals surface area (Å²) < 4.78 is 5.87. The summed E-state index contributed by atoms with van der Waals surface area (Å²) in [6, 6.07) is 15.5. The SMILES string of the molecule is CNc1cc(C(=O)NC(CNC(=O)c2ccc(OC3CCCC3)nc2)c2ccccc2)cc(Cl)n1. The van der Waals surface area contributed by atoms with E-state index in [0.717, 1.165) is 18.4 Å². The number of rotatable bonds is 9. The highest BCUT2D eigenvalue weighted by molar-refractivity contribution is 6.29.